The van der Waals surface area contributed by atoms with E-state index >= 15 is 0 Å². The quantitative estimate of drug-likeness (QED) is 0.462. The number of nitrogens with one attached hydrogen (secondary N) is 1. The number of ether oxygens (including phenoxy) is 1. The van der Waals surface area contributed by atoms with Gasteiger partial charge in [-0.05, 0) is 25.2 Å². The molecule has 3 aromatic heterocycles. The Labute approximate surface area is 204 Å². The van der Waals surface area contributed by atoms with E-state index in [0.29, 0.717) is 5.88 Å². The fraction of sp³-hybridized carbons (Fsp3) is 0.308. The third kappa shape index (κ3) is 4.95. The fourth-order valence-corrected chi connectivity index (χ4v) is 4.05. The van der Waals surface area contributed by atoms with Crippen molar-refractivity contribution in [3.8, 4) is 28.3 Å². The summed E-state index contributed by atoms with van der Waals surface area (Å²) < 4.78 is 5.48. The van der Waals surface area contributed by atoms with E-state index in [4.69, 9.17) is 9.72 Å². The summed E-state index contributed by atoms with van der Waals surface area (Å²) in [5.41, 5.74) is 6.37. The molecule has 1 fully saturated rings. The van der Waals surface area contributed by atoms with Crippen LogP contribution in [0.25, 0.3) is 33.5 Å². The first-order chi connectivity index (χ1) is 17.0. The van der Waals surface area contributed by atoms with E-state index in [0.717, 1.165) is 59.7 Å². The molecule has 9 heteroatoms. The number of amides is 1. The molecule has 180 valence electrons. The van der Waals surface area contributed by atoms with Gasteiger partial charge in [0.1, 0.15) is 5.52 Å². The molecule has 0 unspecified atom stereocenters. The Kier molecular flexibility index (Phi) is 6.33. The summed E-state index contributed by atoms with van der Waals surface area (Å²) in [5, 5.41) is 0. The van der Waals surface area contributed by atoms with Gasteiger partial charge in [0.25, 0.3) is 5.91 Å². The van der Waals surface area contributed by atoms with Gasteiger partial charge in [-0.15, -0.1) is 0 Å². The third-order valence-electron chi connectivity index (χ3n) is 6.30. The van der Waals surface area contributed by atoms with Gasteiger partial charge in [-0.2, -0.15) is 0 Å². The molecule has 0 aliphatic carbocycles. The van der Waals surface area contributed by atoms with Gasteiger partial charge in [0.05, 0.1) is 11.9 Å². The highest BCUT2D eigenvalue weighted by Crippen LogP contribution is 2.29. The lowest BCUT2D eigenvalue weighted by atomic mass is 10.1. The number of H-pyrrole nitrogens is 1. The van der Waals surface area contributed by atoms with Crippen molar-refractivity contribution in [2.75, 3.05) is 58.8 Å². The first kappa shape index (κ1) is 22.8. The van der Waals surface area contributed by atoms with Crippen LogP contribution in [0.3, 0.4) is 0 Å². The zero-order valence-corrected chi connectivity index (χ0v) is 20.2. The largest absolute Gasteiger partial charge is 0.468 e. The molecule has 4 heterocycles. The Bertz CT molecular complexity index is 1310. The maximum absolute atomic E-state index is 11.7. The van der Waals surface area contributed by atoms with Crippen molar-refractivity contribution in [2.45, 2.75) is 0 Å². The van der Waals surface area contributed by atoms with Crippen LogP contribution < -0.4 is 9.64 Å². The van der Waals surface area contributed by atoms with Crippen LogP contribution in [0.15, 0.2) is 55.0 Å². The van der Waals surface area contributed by atoms with E-state index in [-0.39, 0.29) is 12.5 Å². The van der Waals surface area contributed by atoms with Gasteiger partial charge in [0.15, 0.2) is 12.3 Å². The Balaban J connectivity index is 1.35. The van der Waals surface area contributed by atoms with E-state index in [1.165, 1.54) is 10.6 Å². The molecular weight excluding hydrogens is 442 g/mol. The van der Waals surface area contributed by atoms with Crippen LogP contribution in [-0.2, 0) is 4.79 Å². The number of fused-ring (bicyclic) bond motifs is 1. The number of carbonyl (C=O) groups is 1. The highest BCUT2D eigenvalue weighted by molar-refractivity contribution is 5.91. The highest BCUT2D eigenvalue weighted by Gasteiger charge is 2.15. The average Bonchev–Trinajstić information content (AvgIpc) is 3.31. The SMILES string of the molecule is CN1CCN(c2ccc(-c3cnc4[nH]cc(-c5ccc(OCC(=O)N(C)C)nc5)c4n3)cc2)CC1. The number of hydrogen-bond acceptors (Lipinski definition) is 7. The van der Waals surface area contributed by atoms with Crippen molar-refractivity contribution in [3.63, 3.8) is 0 Å². The van der Waals surface area contributed by atoms with Crippen LogP contribution in [0.5, 0.6) is 5.88 Å². The lowest BCUT2D eigenvalue weighted by Gasteiger charge is -2.34. The number of likely N-dealkylation sites (N-methyl/N-ethyl adjacent to an activating group) is 2. The Morgan fingerprint density at radius 2 is 1.74 bits per heavy atom. The van der Waals surface area contributed by atoms with E-state index in [2.05, 4.69) is 56.1 Å². The van der Waals surface area contributed by atoms with Crippen molar-refractivity contribution in [3.05, 3.63) is 55.0 Å². The van der Waals surface area contributed by atoms with Crippen LogP contribution in [0.1, 0.15) is 0 Å². The van der Waals surface area contributed by atoms with Crippen molar-refractivity contribution in [2.24, 2.45) is 0 Å². The predicted molar refractivity (Wildman–Crippen MR) is 136 cm³/mol. The molecule has 1 aromatic carbocycles. The van der Waals surface area contributed by atoms with Gasteiger partial charge in [-0.1, -0.05) is 12.1 Å². The number of aromatic nitrogens is 4. The van der Waals surface area contributed by atoms with Crippen molar-refractivity contribution in [1.29, 1.82) is 0 Å². The van der Waals surface area contributed by atoms with Gasteiger partial charge >= 0.3 is 0 Å². The number of pyridine rings is 1. The number of benzene rings is 1. The summed E-state index contributed by atoms with van der Waals surface area (Å²) in [5.74, 6) is 0.280. The fourth-order valence-electron chi connectivity index (χ4n) is 4.05. The Morgan fingerprint density at radius 1 is 1.00 bits per heavy atom. The monoisotopic (exact) mass is 471 g/mol. The normalized spacial score (nSPS) is 14.3. The third-order valence-corrected chi connectivity index (χ3v) is 6.30. The minimum atomic E-state index is -0.119. The molecule has 0 atom stereocenters. The van der Waals surface area contributed by atoms with Crippen LogP contribution in [0.4, 0.5) is 5.69 Å². The standard InChI is InChI=1S/C26H29N7O2/c1-31(2)24(34)17-35-23-9-6-19(14-27-23)21-15-28-26-25(21)30-22(16-29-26)18-4-7-20(8-5-18)33-12-10-32(3)11-13-33/h4-9,14-16H,10-13,17H2,1-3H3,(H,28,29). The summed E-state index contributed by atoms with van der Waals surface area (Å²) in [6, 6.07) is 12.2. The molecular formula is C26H29N7O2. The zero-order valence-electron chi connectivity index (χ0n) is 20.2. The molecule has 35 heavy (non-hydrogen) atoms. The summed E-state index contributed by atoms with van der Waals surface area (Å²) in [6.45, 7) is 4.19. The minimum Gasteiger partial charge on any atom is -0.468 e. The van der Waals surface area contributed by atoms with Crippen molar-refractivity contribution in [1.82, 2.24) is 29.7 Å². The molecule has 1 aliphatic heterocycles. The van der Waals surface area contributed by atoms with Crippen molar-refractivity contribution >= 4 is 22.8 Å². The average molecular weight is 472 g/mol. The minimum absolute atomic E-state index is 0.0468. The second kappa shape index (κ2) is 9.71. The van der Waals surface area contributed by atoms with Crippen molar-refractivity contribution < 1.29 is 9.53 Å². The van der Waals surface area contributed by atoms with Gasteiger partial charge in [-0.25, -0.2) is 15.0 Å². The zero-order chi connectivity index (χ0) is 24.4. The Hall–Kier alpha value is -3.98. The Morgan fingerprint density at radius 3 is 2.43 bits per heavy atom. The van der Waals surface area contributed by atoms with E-state index in [1.54, 1.807) is 32.6 Å². The van der Waals surface area contributed by atoms with E-state index < -0.39 is 0 Å². The van der Waals surface area contributed by atoms with Gasteiger partial charge in [0, 0.05) is 81.1 Å². The van der Waals surface area contributed by atoms with Gasteiger partial charge in [-0.3, -0.25) is 4.79 Å². The van der Waals surface area contributed by atoms with Gasteiger partial charge < -0.3 is 24.4 Å². The van der Waals surface area contributed by atoms with E-state index in [1.807, 2.05) is 12.3 Å². The number of hydrogen-bond donors (Lipinski definition) is 1. The first-order valence-electron chi connectivity index (χ1n) is 11.7. The predicted octanol–water partition coefficient (Wildman–Crippen LogP) is 2.91. The molecule has 9 nitrogen and oxygen atoms in total. The highest BCUT2D eigenvalue weighted by atomic mass is 16.5. The maximum atomic E-state index is 11.7. The number of nitrogens with zero attached hydrogens (tertiary/aromatic N) is 6. The summed E-state index contributed by atoms with van der Waals surface area (Å²) in [4.78, 5) is 35.0. The van der Waals surface area contributed by atoms with Crippen LogP contribution in [0, 0.1) is 0 Å². The molecule has 1 N–H and O–H groups in total. The van der Waals surface area contributed by atoms with Crippen LogP contribution in [-0.4, -0.2) is 89.6 Å². The molecule has 0 bridgehead atoms. The number of piperazine rings is 1. The lowest BCUT2D eigenvalue weighted by molar-refractivity contribution is -0.130. The maximum Gasteiger partial charge on any atom is 0.260 e. The summed E-state index contributed by atoms with van der Waals surface area (Å²) in [6.07, 6.45) is 5.40. The van der Waals surface area contributed by atoms with Gasteiger partial charge in [0.2, 0.25) is 5.88 Å². The molecule has 5 rings (SSSR count). The second-order valence-corrected chi connectivity index (χ2v) is 8.95. The number of aromatic amines is 1. The molecule has 4 aromatic rings. The number of anilines is 1. The molecule has 0 saturated carbocycles. The van der Waals surface area contributed by atoms with Crippen LogP contribution in [0.2, 0.25) is 0 Å². The molecule has 1 amide bonds. The number of rotatable bonds is 6. The number of carbonyl (C=O) groups excluding carboxylic acids is 1. The lowest BCUT2D eigenvalue weighted by Crippen LogP contribution is -2.44. The molecule has 1 aliphatic rings. The first-order valence-corrected chi connectivity index (χ1v) is 11.7. The van der Waals surface area contributed by atoms with Crippen LogP contribution >= 0.6 is 0 Å². The molecule has 0 spiro atoms. The smallest absolute Gasteiger partial charge is 0.260 e. The molecule has 0 radical (unpaired) electrons. The molecule has 1 saturated heterocycles. The summed E-state index contributed by atoms with van der Waals surface area (Å²) in [7, 11) is 5.55. The summed E-state index contributed by atoms with van der Waals surface area (Å²) >= 11 is 0. The van der Waals surface area contributed by atoms with E-state index in [9.17, 15) is 4.79 Å². The second-order valence-electron chi connectivity index (χ2n) is 8.95. The topological polar surface area (TPSA) is 90.5 Å².